The quantitative estimate of drug-likeness (QED) is 0.677. The highest BCUT2D eigenvalue weighted by atomic mass is 16.5. The third-order valence-corrected chi connectivity index (χ3v) is 3.92. The molecule has 128 valence electrons. The Hall–Kier alpha value is -2.88. The van der Waals surface area contributed by atoms with Crippen molar-refractivity contribution in [3.63, 3.8) is 0 Å². The first-order valence-corrected chi connectivity index (χ1v) is 8.30. The second kappa shape index (κ2) is 6.93. The van der Waals surface area contributed by atoms with E-state index in [4.69, 9.17) is 4.74 Å². The second-order valence-corrected chi connectivity index (χ2v) is 6.96. The summed E-state index contributed by atoms with van der Waals surface area (Å²) in [7, 11) is 0. The molecule has 0 spiro atoms. The van der Waals surface area contributed by atoms with Crippen molar-refractivity contribution in [1.29, 1.82) is 0 Å². The first kappa shape index (κ1) is 17.0. The molecule has 0 amide bonds. The van der Waals surface area contributed by atoms with Crippen LogP contribution in [-0.2, 0) is 4.79 Å². The van der Waals surface area contributed by atoms with Gasteiger partial charge in [-0.15, -0.1) is 0 Å². The average Bonchev–Trinajstić information content (AvgIpc) is 3.14. The average molecular weight is 334 g/mol. The predicted octanol–water partition coefficient (Wildman–Crippen LogP) is 4.74. The minimum absolute atomic E-state index is 0.0100. The molecule has 0 saturated heterocycles. The molecule has 0 bridgehead atoms. The number of aromatic nitrogens is 2. The molecule has 1 atom stereocenters. The van der Waals surface area contributed by atoms with Crippen LogP contribution in [0.2, 0.25) is 0 Å². The first-order valence-electron chi connectivity index (χ1n) is 8.30. The summed E-state index contributed by atoms with van der Waals surface area (Å²) in [5.74, 6) is 0.576. The maximum Gasteiger partial charge on any atom is 0.235 e. The van der Waals surface area contributed by atoms with Crippen LogP contribution in [0.25, 0.3) is 11.3 Å². The topological polar surface area (TPSA) is 44.1 Å². The van der Waals surface area contributed by atoms with Gasteiger partial charge in [-0.3, -0.25) is 9.78 Å². The highest BCUT2D eigenvalue weighted by Gasteiger charge is 2.32. The zero-order valence-corrected chi connectivity index (χ0v) is 14.7. The van der Waals surface area contributed by atoms with E-state index in [1.165, 1.54) is 0 Å². The Kier molecular flexibility index (Phi) is 4.70. The Bertz CT molecular complexity index is 817. The Morgan fingerprint density at radius 1 is 1.00 bits per heavy atom. The maximum absolute atomic E-state index is 12.8. The van der Waals surface area contributed by atoms with Crippen molar-refractivity contribution < 1.29 is 9.53 Å². The fraction of sp³-hybridized carbons (Fsp3) is 0.238. The molecule has 0 radical (unpaired) electrons. The number of nitrogens with zero attached hydrogens (tertiary/aromatic N) is 2. The number of carbonyl (C=O) groups is 1. The van der Waals surface area contributed by atoms with Crippen molar-refractivity contribution >= 4 is 5.78 Å². The van der Waals surface area contributed by atoms with E-state index in [0.717, 1.165) is 11.3 Å². The summed E-state index contributed by atoms with van der Waals surface area (Å²) < 4.78 is 7.77. The molecule has 4 nitrogen and oxygen atoms in total. The summed E-state index contributed by atoms with van der Waals surface area (Å²) in [6, 6.07) is 17.5. The summed E-state index contributed by atoms with van der Waals surface area (Å²) in [6.07, 6.45) is 4.62. The molecule has 2 heterocycles. The number of carbonyl (C=O) groups excluding carboxylic acids is 1. The monoisotopic (exact) mass is 334 g/mol. The highest BCUT2D eigenvalue weighted by molar-refractivity contribution is 5.86. The van der Waals surface area contributed by atoms with Crippen molar-refractivity contribution in [2.24, 2.45) is 5.41 Å². The first-order chi connectivity index (χ1) is 11.9. The molecule has 3 rings (SSSR count). The Morgan fingerprint density at radius 2 is 1.68 bits per heavy atom. The Labute approximate surface area is 148 Å². The lowest BCUT2D eigenvalue weighted by molar-refractivity contribution is -0.137. The van der Waals surface area contributed by atoms with E-state index < -0.39 is 11.6 Å². The number of Topliss-reactive ketones (excluding diaryl/α,β-unsaturated/α-hetero) is 1. The number of pyridine rings is 1. The lowest BCUT2D eigenvalue weighted by Gasteiger charge is -2.26. The van der Waals surface area contributed by atoms with Crippen LogP contribution in [0, 0.1) is 5.41 Å². The van der Waals surface area contributed by atoms with Crippen LogP contribution in [-0.4, -0.2) is 15.3 Å². The second-order valence-electron chi connectivity index (χ2n) is 6.96. The Balaban J connectivity index is 1.84. The van der Waals surface area contributed by atoms with E-state index in [2.05, 4.69) is 4.98 Å². The molecule has 0 fully saturated rings. The van der Waals surface area contributed by atoms with Crippen molar-refractivity contribution in [3.8, 4) is 17.0 Å². The molecule has 1 unspecified atom stereocenters. The molecule has 2 aromatic heterocycles. The third-order valence-electron chi connectivity index (χ3n) is 3.92. The molecule has 0 aliphatic rings. The summed E-state index contributed by atoms with van der Waals surface area (Å²) in [5.41, 5.74) is 1.40. The number of ketones is 1. The summed E-state index contributed by atoms with van der Waals surface area (Å²) >= 11 is 0. The van der Waals surface area contributed by atoms with E-state index >= 15 is 0 Å². The lowest BCUT2D eigenvalue weighted by atomic mass is 9.89. The summed E-state index contributed by atoms with van der Waals surface area (Å²) in [5, 5.41) is 0. The third kappa shape index (κ3) is 3.97. The zero-order valence-electron chi connectivity index (χ0n) is 14.7. The van der Waals surface area contributed by atoms with Gasteiger partial charge in [0.15, 0.2) is 5.78 Å². The fourth-order valence-electron chi connectivity index (χ4n) is 2.48. The summed E-state index contributed by atoms with van der Waals surface area (Å²) in [6.45, 7) is 5.68. The minimum Gasteiger partial charge on any atom is -0.461 e. The van der Waals surface area contributed by atoms with Crippen molar-refractivity contribution in [2.45, 2.75) is 27.0 Å². The van der Waals surface area contributed by atoms with Gasteiger partial charge in [0.05, 0.1) is 11.9 Å². The number of hydrogen-bond donors (Lipinski definition) is 0. The van der Waals surface area contributed by atoms with Gasteiger partial charge in [-0.05, 0) is 24.3 Å². The molecule has 0 aliphatic heterocycles. The zero-order chi connectivity index (χ0) is 17.9. The van der Waals surface area contributed by atoms with Gasteiger partial charge in [0.1, 0.15) is 5.75 Å². The van der Waals surface area contributed by atoms with Gasteiger partial charge < -0.3 is 9.30 Å². The molecule has 25 heavy (non-hydrogen) atoms. The number of hydrogen-bond acceptors (Lipinski definition) is 3. The van der Waals surface area contributed by atoms with Gasteiger partial charge in [-0.2, -0.15) is 0 Å². The molecule has 3 aromatic rings. The van der Waals surface area contributed by atoms with Crippen LogP contribution in [0.5, 0.6) is 5.75 Å². The fourth-order valence-corrected chi connectivity index (χ4v) is 2.48. The minimum atomic E-state index is -0.709. The van der Waals surface area contributed by atoms with E-state index in [9.17, 15) is 4.79 Å². The van der Waals surface area contributed by atoms with Crippen molar-refractivity contribution in [1.82, 2.24) is 9.55 Å². The van der Waals surface area contributed by atoms with Gasteiger partial charge >= 0.3 is 0 Å². The maximum atomic E-state index is 12.8. The van der Waals surface area contributed by atoms with Gasteiger partial charge in [-0.1, -0.05) is 51.1 Å². The van der Waals surface area contributed by atoms with Crippen LogP contribution >= 0.6 is 0 Å². The van der Waals surface area contributed by atoms with Crippen LogP contribution in [0.15, 0.2) is 73.2 Å². The van der Waals surface area contributed by atoms with Gasteiger partial charge in [0.25, 0.3) is 0 Å². The van der Waals surface area contributed by atoms with Gasteiger partial charge in [-0.25, -0.2) is 0 Å². The SMILES string of the molecule is CC(C)(C)C(=O)C(Oc1ccc(-c2ccccc2)nc1)n1cccc1. The standard InChI is InChI=1S/C21H22N2O2/c1-21(2,3)19(24)20(23-13-7-8-14-23)25-17-11-12-18(22-15-17)16-9-5-4-6-10-16/h4-15,20H,1-3H3. The lowest BCUT2D eigenvalue weighted by Crippen LogP contribution is -2.33. The predicted molar refractivity (Wildman–Crippen MR) is 98.2 cm³/mol. The molecule has 1 aromatic carbocycles. The van der Waals surface area contributed by atoms with Crippen LogP contribution < -0.4 is 4.74 Å². The van der Waals surface area contributed by atoms with Gasteiger partial charge in [0, 0.05) is 23.4 Å². The molecule has 4 heteroatoms. The van der Waals surface area contributed by atoms with Crippen LogP contribution in [0.4, 0.5) is 0 Å². The molecule has 0 N–H and O–H groups in total. The number of benzene rings is 1. The van der Waals surface area contributed by atoms with Gasteiger partial charge in [0.2, 0.25) is 6.23 Å². The van der Waals surface area contributed by atoms with E-state index in [0.29, 0.717) is 5.75 Å². The van der Waals surface area contributed by atoms with E-state index in [1.807, 2.05) is 87.8 Å². The molecule has 0 aliphatic carbocycles. The van der Waals surface area contributed by atoms with Crippen LogP contribution in [0.3, 0.4) is 0 Å². The molecular weight excluding hydrogens is 312 g/mol. The van der Waals surface area contributed by atoms with Crippen molar-refractivity contribution in [3.05, 3.63) is 73.2 Å². The van der Waals surface area contributed by atoms with Crippen LogP contribution in [0.1, 0.15) is 27.0 Å². The number of rotatable bonds is 5. The summed E-state index contributed by atoms with van der Waals surface area (Å²) in [4.78, 5) is 17.2. The molecule has 0 saturated carbocycles. The van der Waals surface area contributed by atoms with E-state index in [1.54, 1.807) is 10.8 Å². The normalized spacial score (nSPS) is 12.6. The van der Waals surface area contributed by atoms with E-state index in [-0.39, 0.29) is 5.78 Å². The molecular formula is C21H22N2O2. The smallest absolute Gasteiger partial charge is 0.235 e. The largest absolute Gasteiger partial charge is 0.461 e. The Morgan fingerprint density at radius 3 is 2.24 bits per heavy atom. The highest BCUT2D eigenvalue weighted by Crippen LogP contribution is 2.27. The van der Waals surface area contributed by atoms with Crippen molar-refractivity contribution in [2.75, 3.05) is 0 Å². The number of ether oxygens (including phenoxy) is 1.